The first-order valence-electron chi connectivity index (χ1n) is 4.32. The van der Waals surface area contributed by atoms with E-state index < -0.39 is 41.8 Å². The average molecular weight is 200 g/mol. The number of allylic oxidation sites excluding steroid dienone is 2. The summed E-state index contributed by atoms with van der Waals surface area (Å²) >= 11 is 0. The number of halogens is 1. The van der Waals surface area contributed by atoms with Gasteiger partial charge in [0.15, 0.2) is 0 Å². The quantitative estimate of drug-likeness (QED) is 0.638. The molecule has 4 atom stereocenters. The predicted molar refractivity (Wildman–Crippen MR) is 43.3 cm³/mol. The predicted octanol–water partition coefficient (Wildman–Crippen LogP) is 0.542. The van der Waals surface area contributed by atoms with Crippen LogP contribution >= 0.6 is 0 Å². The van der Waals surface area contributed by atoms with E-state index in [-0.39, 0.29) is 0 Å². The Labute approximate surface area is 79.0 Å². The van der Waals surface area contributed by atoms with Gasteiger partial charge in [-0.25, -0.2) is 4.39 Å². The third kappa shape index (κ3) is 0.981. The Hall–Kier alpha value is -1.39. The van der Waals surface area contributed by atoms with Crippen LogP contribution in [0.4, 0.5) is 4.39 Å². The number of carboxylic acid groups (broad SMARTS) is 2. The molecule has 2 N–H and O–H groups in total. The van der Waals surface area contributed by atoms with E-state index in [4.69, 9.17) is 10.2 Å². The van der Waals surface area contributed by atoms with Crippen molar-refractivity contribution in [1.82, 2.24) is 0 Å². The van der Waals surface area contributed by atoms with Gasteiger partial charge in [0, 0.05) is 11.8 Å². The minimum absolute atomic E-state index is 0.765. The van der Waals surface area contributed by atoms with Crippen LogP contribution in [0.15, 0.2) is 12.2 Å². The minimum Gasteiger partial charge on any atom is -0.481 e. The molecule has 0 aromatic carbocycles. The Morgan fingerprint density at radius 2 is 1.36 bits per heavy atom. The molecule has 2 aliphatic carbocycles. The second-order valence-electron chi connectivity index (χ2n) is 3.71. The van der Waals surface area contributed by atoms with Gasteiger partial charge in [-0.05, 0) is 0 Å². The van der Waals surface area contributed by atoms with Crippen molar-refractivity contribution in [2.75, 3.05) is 0 Å². The summed E-state index contributed by atoms with van der Waals surface area (Å²) in [6.45, 7) is 0. The summed E-state index contributed by atoms with van der Waals surface area (Å²) in [6.07, 6.45) is 1.61. The van der Waals surface area contributed by atoms with Crippen LogP contribution in [0.1, 0.15) is 0 Å². The van der Waals surface area contributed by atoms with Gasteiger partial charge in [-0.1, -0.05) is 12.2 Å². The molecule has 0 amide bonds. The molecule has 0 radical (unpaired) electrons. The topological polar surface area (TPSA) is 74.6 Å². The maximum atomic E-state index is 13.4. The van der Waals surface area contributed by atoms with Gasteiger partial charge in [0.2, 0.25) is 0 Å². The molecule has 1 saturated carbocycles. The van der Waals surface area contributed by atoms with Crippen molar-refractivity contribution >= 4 is 11.9 Å². The smallest absolute Gasteiger partial charge is 0.308 e. The van der Waals surface area contributed by atoms with Crippen LogP contribution < -0.4 is 0 Å². The highest BCUT2D eigenvalue weighted by Crippen LogP contribution is 2.49. The van der Waals surface area contributed by atoms with Crippen molar-refractivity contribution in [3.05, 3.63) is 12.2 Å². The molecule has 0 heterocycles. The Balaban J connectivity index is 2.36. The fraction of sp³-hybridized carbons (Fsp3) is 0.556. The van der Waals surface area contributed by atoms with Crippen LogP contribution in [0.25, 0.3) is 0 Å². The van der Waals surface area contributed by atoms with E-state index in [0.717, 1.165) is 0 Å². The molecule has 0 saturated heterocycles. The summed E-state index contributed by atoms with van der Waals surface area (Å²) < 4.78 is 13.4. The fourth-order valence-corrected chi connectivity index (χ4v) is 2.48. The van der Waals surface area contributed by atoms with Gasteiger partial charge in [0.1, 0.15) is 6.17 Å². The van der Waals surface area contributed by atoms with Crippen molar-refractivity contribution in [3.8, 4) is 0 Å². The molecule has 2 aliphatic rings. The summed E-state index contributed by atoms with van der Waals surface area (Å²) in [5.41, 5.74) is 0. The summed E-state index contributed by atoms with van der Waals surface area (Å²) in [4.78, 5) is 21.6. The lowest BCUT2D eigenvalue weighted by atomic mass is 9.83. The minimum atomic E-state index is -1.35. The van der Waals surface area contributed by atoms with E-state index >= 15 is 0 Å². The van der Waals surface area contributed by atoms with E-state index in [1.54, 1.807) is 0 Å². The molecular formula is C9H9FO4. The highest BCUT2D eigenvalue weighted by atomic mass is 19.1. The first-order chi connectivity index (χ1) is 6.54. The van der Waals surface area contributed by atoms with Crippen LogP contribution in [0.5, 0.6) is 0 Å². The van der Waals surface area contributed by atoms with Gasteiger partial charge in [0.05, 0.1) is 11.8 Å². The van der Waals surface area contributed by atoms with Crippen LogP contribution in [-0.4, -0.2) is 28.3 Å². The summed E-state index contributed by atoms with van der Waals surface area (Å²) in [5, 5.41) is 17.6. The van der Waals surface area contributed by atoms with E-state index in [0.29, 0.717) is 0 Å². The lowest BCUT2D eigenvalue weighted by molar-refractivity contribution is -0.154. The highest BCUT2D eigenvalue weighted by Gasteiger charge is 2.58. The zero-order valence-corrected chi connectivity index (χ0v) is 7.13. The lowest BCUT2D eigenvalue weighted by Crippen LogP contribution is -2.32. The number of carboxylic acids is 2. The monoisotopic (exact) mass is 200 g/mol. The van der Waals surface area contributed by atoms with E-state index in [9.17, 15) is 14.0 Å². The van der Waals surface area contributed by atoms with Gasteiger partial charge < -0.3 is 10.2 Å². The third-order valence-electron chi connectivity index (χ3n) is 3.08. The van der Waals surface area contributed by atoms with Crippen LogP contribution in [0, 0.1) is 23.7 Å². The average Bonchev–Trinajstić information content (AvgIpc) is 2.58. The molecule has 1 fully saturated rings. The largest absolute Gasteiger partial charge is 0.481 e. The van der Waals surface area contributed by atoms with E-state index in [2.05, 4.69) is 0 Å². The van der Waals surface area contributed by atoms with Crippen molar-refractivity contribution < 1.29 is 24.2 Å². The number of carbonyl (C=O) groups is 2. The molecule has 76 valence electrons. The third-order valence-corrected chi connectivity index (χ3v) is 3.08. The zero-order valence-electron chi connectivity index (χ0n) is 7.13. The van der Waals surface area contributed by atoms with Crippen molar-refractivity contribution in [3.63, 3.8) is 0 Å². The summed E-state index contributed by atoms with van der Waals surface area (Å²) in [6, 6.07) is 0. The fourth-order valence-electron chi connectivity index (χ4n) is 2.48. The first kappa shape index (κ1) is 9.18. The Kier molecular flexibility index (Phi) is 1.83. The molecule has 5 heteroatoms. The first-order valence-corrected chi connectivity index (χ1v) is 4.32. The number of rotatable bonds is 2. The van der Waals surface area contributed by atoms with Gasteiger partial charge >= 0.3 is 11.9 Å². The summed E-state index contributed by atoms with van der Waals surface area (Å²) in [5.74, 6) is -6.21. The molecule has 0 spiro atoms. The maximum Gasteiger partial charge on any atom is 0.308 e. The van der Waals surface area contributed by atoms with Crippen molar-refractivity contribution in [2.24, 2.45) is 23.7 Å². The molecule has 2 bridgehead atoms. The van der Waals surface area contributed by atoms with Crippen LogP contribution in [-0.2, 0) is 9.59 Å². The van der Waals surface area contributed by atoms with Gasteiger partial charge in [-0.15, -0.1) is 0 Å². The second kappa shape index (κ2) is 2.80. The maximum absolute atomic E-state index is 13.4. The van der Waals surface area contributed by atoms with Gasteiger partial charge in [0.25, 0.3) is 0 Å². The van der Waals surface area contributed by atoms with Crippen molar-refractivity contribution in [2.45, 2.75) is 6.17 Å². The molecule has 14 heavy (non-hydrogen) atoms. The molecule has 2 rings (SSSR count). The van der Waals surface area contributed by atoms with Crippen LogP contribution in [0.3, 0.4) is 0 Å². The Bertz CT molecular complexity index is 295. The van der Waals surface area contributed by atoms with Gasteiger partial charge in [-0.2, -0.15) is 0 Å². The molecule has 0 aromatic rings. The van der Waals surface area contributed by atoms with Gasteiger partial charge in [-0.3, -0.25) is 9.59 Å². The Morgan fingerprint density at radius 3 is 1.64 bits per heavy atom. The SMILES string of the molecule is O=C(O)[C@@H]1C2C=CC(C2F)[C@H]1C(=O)O. The molecule has 0 aromatic heterocycles. The van der Waals surface area contributed by atoms with E-state index in [1.165, 1.54) is 12.2 Å². The lowest BCUT2D eigenvalue weighted by Gasteiger charge is -2.19. The molecule has 2 unspecified atom stereocenters. The standard InChI is InChI=1S/C9H9FO4/c10-7-3-1-2-4(7)6(9(13)14)5(3)8(11)12/h1-7H,(H,11,12)(H,13,14)/t3?,4?,5-,6-,7?/m1/s1. The van der Waals surface area contributed by atoms with Crippen molar-refractivity contribution in [1.29, 1.82) is 0 Å². The molecule has 0 aliphatic heterocycles. The zero-order chi connectivity index (χ0) is 10.5. The highest BCUT2D eigenvalue weighted by molar-refractivity contribution is 5.82. The Morgan fingerprint density at radius 1 is 1.00 bits per heavy atom. The molecule has 4 nitrogen and oxygen atoms in total. The number of hydrogen-bond donors (Lipinski definition) is 2. The number of alkyl halides is 1. The number of hydrogen-bond acceptors (Lipinski definition) is 2. The van der Waals surface area contributed by atoms with E-state index in [1.807, 2.05) is 0 Å². The second-order valence-corrected chi connectivity index (χ2v) is 3.71. The summed E-state index contributed by atoms with van der Waals surface area (Å²) in [7, 11) is 0. The number of fused-ring (bicyclic) bond motifs is 2. The van der Waals surface area contributed by atoms with Crippen LogP contribution in [0.2, 0.25) is 0 Å². The molecular weight excluding hydrogens is 191 g/mol. The normalized spacial score (nSPS) is 44.2. The number of aliphatic carboxylic acids is 2.